The summed E-state index contributed by atoms with van der Waals surface area (Å²) in [5.74, 6) is -0.484. The average Bonchev–Trinajstić information content (AvgIpc) is 3.47. The molecule has 2 atom stereocenters. The Kier molecular flexibility index (Phi) is 8.48. The van der Waals surface area contributed by atoms with Gasteiger partial charge in [-0.15, -0.1) is 0 Å². The van der Waals surface area contributed by atoms with Crippen molar-refractivity contribution in [3.8, 4) is 0 Å². The summed E-state index contributed by atoms with van der Waals surface area (Å²) in [6.07, 6.45) is 2.87. The van der Waals surface area contributed by atoms with Gasteiger partial charge >= 0.3 is 6.09 Å². The first-order valence-corrected chi connectivity index (χ1v) is 11.2. The summed E-state index contributed by atoms with van der Waals surface area (Å²) in [4.78, 5) is 40.2. The van der Waals surface area contributed by atoms with Crippen molar-refractivity contribution in [2.24, 2.45) is 0 Å². The summed E-state index contributed by atoms with van der Waals surface area (Å²) in [6, 6.07) is 6.95. The third-order valence-electron chi connectivity index (χ3n) is 5.01. The fourth-order valence-electron chi connectivity index (χ4n) is 3.57. The van der Waals surface area contributed by atoms with Gasteiger partial charge in [0.15, 0.2) is 0 Å². The summed E-state index contributed by atoms with van der Waals surface area (Å²) < 4.78 is 5.23. The zero-order chi connectivity index (χ0) is 23.2. The molecule has 0 heterocycles. The molecule has 0 radical (unpaired) electrons. The maximum Gasteiger partial charge on any atom is 0.408 e. The molecular formula is C24H37N3O4. The first kappa shape index (κ1) is 24.7. The Morgan fingerprint density at radius 3 is 2.45 bits per heavy atom. The maximum absolute atomic E-state index is 13.3. The molecule has 2 unspecified atom stereocenters. The molecule has 31 heavy (non-hydrogen) atoms. The summed E-state index contributed by atoms with van der Waals surface area (Å²) >= 11 is 0. The molecule has 1 aliphatic rings. The zero-order valence-corrected chi connectivity index (χ0v) is 19.7. The lowest BCUT2D eigenvalue weighted by atomic mass is 10.0. The molecule has 0 bridgehead atoms. The molecule has 0 aromatic heterocycles. The van der Waals surface area contributed by atoms with Gasteiger partial charge in [0.1, 0.15) is 18.2 Å². The first-order chi connectivity index (χ1) is 14.5. The van der Waals surface area contributed by atoms with Crippen molar-refractivity contribution < 1.29 is 19.1 Å². The van der Waals surface area contributed by atoms with Crippen LogP contribution < -0.4 is 10.6 Å². The van der Waals surface area contributed by atoms with Crippen LogP contribution in [0.15, 0.2) is 24.3 Å². The summed E-state index contributed by atoms with van der Waals surface area (Å²) in [6.45, 7) is 11.1. The minimum Gasteiger partial charge on any atom is -0.444 e. The smallest absolute Gasteiger partial charge is 0.408 e. The minimum absolute atomic E-state index is 0.00863. The summed E-state index contributed by atoms with van der Waals surface area (Å²) in [5.41, 5.74) is 1.15. The van der Waals surface area contributed by atoms with Crippen molar-refractivity contribution in [1.29, 1.82) is 0 Å². The van der Waals surface area contributed by atoms with Gasteiger partial charge in [-0.2, -0.15) is 0 Å². The van der Waals surface area contributed by atoms with Gasteiger partial charge in [-0.1, -0.05) is 43.2 Å². The SMILES string of the molecule is CCCC(C)NC(=O)C(c1cccc(C)c1)N(C(=O)CNC(=O)OC(C)(C)C)C1CC1. The molecule has 1 fully saturated rings. The summed E-state index contributed by atoms with van der Waals surface area (Å²) in [7, 11) is 0. The highest BCUT2D eigenvalue weighted by atomic mass is 16.6. The standard InChI is InChI=1S/C24H37N3O4/c1-7-9-17(3)26-22(29)21(18-11-8-10-16(2)14-18)27(19-12-13-19)20(28)15-25-23(30)31-24(4,5)6/h8,10-11,14,17,19,21H,7,9,12-13,15H2,1-6H3,(H,25,30)(H,26,29). The van der Waals surface area contributed by atoms with E-state index in [1.165, 1.54) is 0 Å². The van der Waals surface area contributed by atoms with E-state index in [4.69, 9.17) is 4.74 Å². The van der Waals surface area contributed by atoms with E-state index in [2.05, 4.69) is 17.6 Å². The van der Waals surface area contributed by atoms with Gasteiger partial charge in [0.05, 0.1) is 0 Å². The molecule has 1 aromatic rings. The fraction of sp³-hybridized carbons (Fsp3) is 0.625. The van der Waals surface area contributed by atoms with E-state index >= 15 is 0 Å². The number of rotatable bonds is 9. The number of nitrogens with one attached hydrogen (secondary N) is 2. The van der Waals surface area contributed by atoms with Crippen LogP contribution in [0.3, 0.4) is 0 Å². The van der Waals surface area contributed by atoms with Crippen molar-refractivity contribution in [2.45, 2.75) is 91.0 Å². The number of ether oxygens (including phenoxy) is 1. The molecule has 1 aromatic carbocycles. The normalized spacial score (nSPS) is 15.5. The minimum atomic E-state index is -0.736. The molecule has 7 nitrogen and oxygen atoms in total. The highest BCUT2D eigenvalue weighted by Gasteiger charge is 2.41. The van der Waals surface area contributed by atoms with Crippen LogP contribution in [0.25, 0.3) is 0 Å². The van der Waals surface area contributed by atoms with E-state index in [0.717, 1.165) is 36.8 Å². The van der Waals surface area contributed by atoms with Gasteiger partial charge in [-0.25, -0.2) is 4.79 Å². The van der Waals surface area contributed by atoms with Crippen molar-refractivity contribution in [3.05, 3.63) is 35.4 Å². The van der Waals surface area contributed by atoms with Crippen LogP contribution in [0.5, 0.6) is 0 Å². The lowest BCUT2D eigenvalue weighted by Gasteiger charge is -2.33. The number of hydrogen-bond acceptors (Lipinski definition) is 4. The van der Waals surface area contributed by atoms with Gasteiger partial charge in [-0.3, -0.25) is 9.59 Å². The molecule has 0 saturated heterocycles. The molecule has 2 rings (SSSR count). The molecule has 3 amide bonds. The Balaban J connectivity index is 2.24. The Bertz CT molecular complexity index is 783. The van der Waals surface area contributed by atoms with E-state index in [1.807, 2.05) is 38.1 Å². The molecule has 1 saturated carbocycles. The van der Waals surface area contributed by atoms with Crippen LogP contribution in [-0.4, -0.2) is 47.0 Å². The third-order valence-corrected chi connectivity index (χ3v) is 5.01. The number of carbonyl (C=O) groups is 3. The largest absolute Gasteiger partial charge is 0.444 e. The number of alkyl carbamates (subject to hydrolysis) is 1. The Hall–Kier alpha value is -2.57. The number of nitrogens with zero attached hydrogens (tertiary/aromatic N) is 1. The molecule has 1 aliphatic carbocycles. The van der Waals surface area contributed by atoms with Crippen LogP contribution in [0, 0.1) is 6.92 Å². The number of aryl methyl sites for hydroxylation is 1. The Morgan fingerprint density at radius 1 is 1.23 bits per heavy atom. The number of carbonyl (C=O) groups excluding carboxylic acids is 3. The van der Waals surface area contributed by atoms with Crippen molar-refractivity contribution >= 4 is 17.9 Å². The van der Waals surface area contributed by atoms with E-state index in [-0.39, 0.29) is 30.4 Å². The van der Waals surface area contributed by atoms with E-state index in [1.54, 1.807) is 25.7 Å². The molecule has 0 spiro atoms. The monoisotopic (exact) mass is 431 g/mol. The topological polar surface area (TPSA) is 87.7 Å². The second-order valence-corrected chi connectivity index (χ2v) is 9.40. The van der Waals surface area contributed by atoms with E-state index in [9.17, 15) is 14.4 Å². The number of benzene rings is 1. The highest BCUT2D eigenvalue weighted by Crippen LogP contribution is 2.35. The number of hydrogen-bond donors (Lipinski definition) is 2. The molecule has 2 N–H and O–H groups in total. The van der Waals surface area contributed by atoms with Crippen molar-refractivity contribution in [1.82, 2.24) is 15.5 Å². The molecular weight excluding hydrogens is 394 g/mol. The highest BCUT2D eigenvalue weighted by molar-refractivity contribution is 5.91. The van der Waals surface area contributed by atoms with Crippen molar-refractivity contribution in [3.63, 3.8) is 0 Å². The molecule has 0 aliphatic heterocycles. The average molecular weight is 432 g/mol. The second kappa shape index (κ2) is 10.6. The van der Waals surface area contributed by atoms with Crippen LogP contribution in [0.4, 0.5) is 4.79 Å². The first-order valence-electron chi connectivity index (χ1n) is 11.2. The lowest BCUT2D eigenvalue weighted by Crippen LogP contribution is -2.50. The number of amides is 3. The fourth-order valence-corrected chi connectivity index (χ4v) is 3.57. The second-order valence-electron chi connectivity index (χ2n) is 9.40. The Morgan fingerprint density at radius 2 is 1.90 bits per heavy atom. The predicted octanol–water partition coefficient (Wildman–Crippen LogP) is 3.86. The van der Waals surface area contributed by atoms with E-state index in [0.29, 0.717) is 0 Å². The van der Waals surface area contributed by atoms with E-state index < -0.39 is 17.7 Å². The van der Waals surface area contributed by atoms with Gasteiger partial charge in [0.25, 0.3) is 0 Å². The van der Waals surface area contributed by atoms with Gasteiger partial charge in [0, 0.05) is 12.1 Å². The van der Waals surface area contributed by atoms with Gasteiger partial charge < -0.3 is 20.3 Å². The quantitative estimate of drug-likeness (QED) is 0.622. The van der Waals surface area contributed by atoms with Gasteiger partial charge in [0.2, 0.25) is 11.8 Å². The van der Waals surface area contributed by atoms with Crippen LogP contribution in [0.2, 0.25) is 0 Å². The van der Waals surface area contributed by atoms with Crippen molar-refractivity contribution in [2.75, 3.05) is 6.54 Å². The lowest BCUT2D eigenvalue weighted by molar-refractivity contribution is -0.141. The van der Waals surface area contributed by atoms with Crippen LogP contribution in [0.1, 0.15) is 77.5 Å². The van der Waals surface area contributed by atoms with Crippen LogP contribution in [-0.2, 0) is 14.3 Å². The molecule has 172 valence electrons. The van der Waals surface area contributed by atoms with Gasteiger partial charge in [-0.05, 0) is 59.4 Å². The predicted molar refractivity (Wildman–Crippen MR) is 121 cm³/mol. The Labute approximate surface area is 185 Å². The van der Waals surface area contributed by atoms with Crippen LogP contribution >= 0.6 is 0 Å². The third kappa shape index (κ3) is 7.89. The molecule has 7 heteroatoms. The summed E-state index contributed by atoms with van der Waals surface area (Å²) in [5, 5.41) is 5.60. The maximum atomic E-state index is 13.3. The zero-order valence-electron chi connectivity index (χ0n) is 19.7.